The Labute approximate surface area is 98.6 Å². The second kappa shape index (κ2) is 5.17. The summed E-state index contributed by atoms with van der Waals surface area (Å²) in [6.45, 7) is 8.20. The van der Waals surface area contributed by atoms with Crippen LogP contribution < -0.4 is 5.32 Å². The lowest BCUT2D eigenvalue weighted by Crippen LogP contribution is -2.47. The van der Waals surface area contributed by atoms with Gasteiger partial charge in [0.05, 0.1) is 5.41 Å². The van der Waals surface area contributed by atoms with Crippen LogP contribution in [0.1, 0.15) is 52.9 Å². The zero-order chi connectivity index (χ0) is 12.2. The molecule has 0 radical (unpaired) electrons. The van der Waals surface area contributed by atoms with E-state index in [2.05, 4.69) is 26.1 Å². The molecule has 0 saturated heterocycles. The van der Waals surface area contributed by atoms with Crippen molar-refractivity contribution in [3.63, 3.8) is 0 Å². The SMILES string of the molecule is CCCC(C)(C)CNCC1(C(=O)O)CCC1. The van der Waals surface area contributed by atoms with Gasteiger partial charge < -0.3 is 10.4 Å². The first kappa shape index (κ1) is 13.5. The largest absolute Gasteiger partial charge is 0.481 e. The van der Waals surface area contributed by atoms with Crippen LogP contribution in [-0.4, -0.2) is 24.2 Å². The van der Waals surface area contributed by atoms with Gasteiger partial charge in [-0.3, -0.25) is 4.79 Å². The van der Waals surface area contributed by atoms with E-state index in [1.807, 2.05) is 0 Å². The third-order valence-electron chi connectivity index (χ3n) is 3.76. The molecule has 0 unspecified atom stereocenters. The molecule has 1 saturated carbocycles. The third-order valence-corrected chi connectivity index (χ3v) is 3.76. The maximum Gasteiger partial charge on any atom is 0.310 e. The summed E-state index contributed by atoms with van der Waals surface area (Å²) in [5, 5.41) is 12.5. The zero-order valence-corrected chi connectivity index (χ0v) is 10.8. The van der Waals surface area contributed by atoms with Gasteiger partial charge in [-0.25, -0.2) is 0 Å². The fourth-order valence-electron chi connectivity index (χ4n) is 2.48. The zero-order valence-electron chi connectivity index (χ0n) is 10.8. The van der Waals surface area contributed by atoms with Crippen molar-refractivity contribution in [1.29, 1.82) is 0 Å². The monoisotopic (exact) mass is 227 g/mol. The van der Waals surface area contributed by atoms with E-state index >= 15 is 0 Å². The maximum absolute atomic E-state index is 11.1. The van der Waals surface area contributed by atoms with Gasteiger partial charge in [-0.1, -0.05) is 33.6 Å². The molecule has 0 spiro atoms. The molecule has 0 aromatic rings. The number of carboxylic acid groups (broad SMARTS) is 1. The molecular formula is C13H25NO2. The van der Waals surface area contributed by atoms with Gasteiger partial charge in [-0.15, -0.1) is 0 Å². The number of hydrogen-bond donors (Lipinski definition) is 2. The minimum atomic E-state index is -0.625. The second-order valence-electron chi connectivity index (χ2n) is 5.96. The summed E-state index contributed by atoms with van der Waals surface area (Å²) in [7, 11) is 0. The minimum Gasteiger partial charge on any atom is -0.481 e. The number of rotatable bonds is 7. The number of carboxylic acids is 1. The summed E-state index contributed by atoms with van der Waals surface area (Å²) < 4.78 is 0. The number of carbonyl (C=O) groups is 1. The van der Waals surface area contributed by atoms with Crippen molar-refractivity contribution in [3.05, 3.63) is 0 Å². The predicted octanol–water partition coefficient (Wildman–Crippen LogP) is 2.66. The Morgan fingerprint density at radius 1 is 1.44 bits per heavy atom. The van der Waals surface area contributed by atoms with E-state index in [0.717, 1.165) is 25.8 Å². The number of nitrogens with one attached hydrogen (secondary N) is 1. The quantitative estimate of drug-likeness (QED) is 0.703. The lowest BCUT2D eigenvalue weighted by molar-refractivity contribution is -0.154. The van der Waals surface area contributed by atoms with Gasteiger partial charge in [0, 0.05) is 13.1 Å². The van der Waals surface area contributed by atoms with Crippen LogP contribution in [0.25, 0.3) is 0 Å². The van der Waals surface area contributed by atoms with Gasteiger partial charge in [0.15, 0.2) is 0 Å². The van der Waals surface area contributed by atoms with Gasteiger partial charge in [0.2, 0.25) is 0 Å². The van der Waals surface area contributed by atoms with Crippen LogP contribution in [0.3, 0.4) is 0 Å². The lowest BCUT2D eigenvalue weighted by Gasteiger charge is -2.38. The molecule has 0 aliphatic heterocycles. The fourth-order valence-corrected chi connectivity index (χ4v) is 2.48. The average Bonchev–Trinajstić information content (AvgIpc) is 2.08. The topological polar surface area (TPSA) is 49.3 Å². The fraction of sp³-hybridized carbons (Fsp3) is 0.923. The molecule has 1 rings (SSSR count). The van der Waals surface area contributed by atoms with Gasteiger partial charge in [0.25, 0.3) is 0 Å². The van der Waals surface area contributed by atoms with Crippen molar-refractivity contribution in [2.24, 2.45) is 10.8 Å². The molecular weight excluding hydrogens is 202 g/mol. The van der Waals surface area contributed by atoms with E-state index in [-0.39, 0.29) is 5.41 Å². The minimum absolute atomic E-state index is 0.276. The average molecular weight is 227 g/mol. The molecule has 0 amide bonds. The molecule has 1 aliphatic carbocycles. The van der Waals surface area contributed by atoms with Crippen LogP contribution in [0.2, 0.25) is 0 Å². The van der Waals surface area contributed by atoms with Gasteiger partial charge in [-0.2, -0.15) is 0 Å². The molecule has 0 heterocycles. The molecule has 3 nitrogen and oxygen atoms in total. The highest BCUT2D eigenvalue weighted by Gasteiger charge is 2.44. The Hall–Kier alpha value is -0.570. The Morgan fingerprint density at radius 3 is 2.44 bits per heavy atom. The number of aliphatic carboxylic acids is 1. The first-order valence-corrected chi connectivity index (χ1v) is 6.36. The summed E-state index contributed by atoms with van der Waals surface area (Å²) in [6, 6.07) is 0. The van der Waals surface area contributed by atoms with E-state index in [9.17, 15) is 9.90 Å². The first-order chi connectivity index (χ1) is 7.42. The summed E-state index contributed by atoms with van der Waals surface area (Å²) in [5.74, 6) is -0.625. The predicted molar refractivity (Wildman–Crippen MR) is 65.5 cm³/mol. The highest BCUT2D eigenvalue weighted by molar-refractivity contribution is 5.76. The Bertz CT molecular complexity index is 244. The van der Waals surface area contributed by atoms with Gasteiger partial charge in [0.1, 0.15) is 0 Å². The summed E-state index contributed by atoms with van der Waals surface area (Å²) >= 11 is 0. The molecule has 16 heavy (non-hydrogen) atoms. The Kier molecular flexibility index (Phi) is 4.36. The smallest absolute Gasteiger partial charge is 0.310 e. The molecule has 0 bridgehead atoms. The van der Waals surface area contributed by atoms with Crippen LogP contribution in [0.4, 0.5) is 0 Å². The highest BCUT2D eigenvalue weighted by Crippen LogP contribution is 2.40. The molecule has 3 heteroatoms. The van der Waals surface area contributed by atoms with Crippen LogP contribution in [0.5, 0.6) is 0 Å². The van der Waals surface area contributed by atoms with Crippen molar-refractivity contribution in [2.45, 2.75) is 52.9 Å². The van der Waals surface area contributed by atoms with Crippen molar-refractivity contribution in [2.75, 3.05) is 13.1 Å². The van der Waals surface area contributed by atoms with Gasteiger partial charge in [-0.05, 0) is 24.7 Å². The Morgan fingerprint density at radius 2 is 2.06 bits per heavy atom. The lowest BCUT2D eigenvalue weighted by atomic mass is 9.68. The summed E-state index contributed by atoms with van der Waals surface area (Å²) in [4.78, 5) is 11.1. The first-order valence-electron chi connectivity index (χ1n) is 6.36. The standard InChI is InChI=1S/C13H25NO2/c1-4-6-12(2,3)9-14-10-13(11(15)16)7-5-8-13/h14H,4-10H2,1-3H3,(H,15,16). The maximum atomic E-state index is 11.1. The van der Waals surface area contributed by atoms with Crippen molar-refractivity contribution >= 4 is 5.97 Å². The van der Waals surface area contributed by atoms with E-state index < -0.39 is 11.4 Å². The molecule has 0 atom stereocenters. The second-order valence-corrected chi connectivity index (χ2v) is 5.96. The van der Waals surface area contributed by atoms with Crippen molar-refractivity contribution in [1.82, 2.24) is 5.32 Å². The van der Waals surface area contributed by atoms with E-state index in [1.165, 1.54) is 12.8 Å². The molecule has 0 aromatic heterocycles. The van der Waals surface area contributed by atoms with E-state index in [1.54, 1.807) is 0 Å². The number of hydrogen-bond acceptors (Lipinski definition) is 2. The van der Waals surface area contributed by atoms with Crippen molar-refractivity contribution < 1.29 is 9.90 Å². The molecule has 2 N–H and O–H groups in total. The van der Waals surface area contributed by atoms with Crippen LogP contribution >= 0.6 is 0 Å². The molecule has 1 aliphatic rings. The summed E-state index contributed by atoms with van der Waals surface area (Å²) in [5.41, 5.74) is -0.180. The Balaban J connectivity index is 2.32. The van der Waals surface area contributed by atoms with Gasteiger partial charge >= 0.3 is 5.97 Å². The van der Waals surface area contributed by atoms with Crippen LogP contribution in [0, 0.1) is 10.8 Å². The third kappa shape index (κ3) is 3.21. The van der Waals surface area contributed by atoms with Crippen LogP contribution in [0.15, 0.2) is 0 Å². The van der Waals surface area contributed by atoms with E-state index in [4.69, 9.17) is 0 Å². The van der Waals surface area contributed by atoms with Crippen LogP contribution in [-0.2, 0) is 4.79 Å². The normalized spacial score (nSPS) is 19.2. The van der Waals surface area contributed by atoms with Crippen molar-refractivity contribution in [3.8, 4) is 0 Å². The summed E-state index contributed by atoms with van der Waals surface area (Å²) in [6.07, 6.45) is 5.10. The highest BCUT2D eigenvalue weighted by atomic mass is 16.4. The molecule has 94 valence electrons. The molecule has 0 aromatic carbocycles. The molecule has 1 fully saturated rings. The van der Waals surface area contributed by atoms with E-state index in [0.29, 0.717) is 6.54 Å².